The van der Waals surface area contributed by atoms with Crippen LogP contribution in [-0.4, -0.2) is 25.8 Å². The lowest BCUT2D eigenvalue weighted by Gasteiger charge is -2.33. The number of ether oxygens (including phenoxy) is 1. The Morgan fingerprint density at radius 1 is 1.25 bits per heavy atom. The highest BCUT2D eigenvalue weighted by molar-refractivity contribution is 5.51. The third kappa shape index (κ3) is 1.98. The molecule has 1 aromatic rings. The quantitative estimate of drug-likeness (QED) is 0.705. The van der Waals surface area contributed by atoms with E-state index < -0.39 is 0 Å². The number of hydrogen-bond donors (Lipinski definition) is 0. The second kappa shape index (κ2) is 4.65. The summed E-state index contributed by atoms with van der Waals surface area (Å²) in [6.45, 7) is 1.79. The van der Waals surface area contributed by atoms with E-state index in [1.54, 1.807) is 12.1 Å². The maximum atomic E-state index is 9.00. The molecule has 0 saturated carbocycles. The molecule has 1 aliphatic rings. The van der Waals surface area contributed by atoms with Gasteiger partial charge in [0, 0.05) is 12.2 Å². The maximum Gasteiger partial charge on any atom is 0.140 e. The zero-order chi connectivity index (χ0) is 11.4. The minimum atomic E-state index is -0.235. The van der Waals surface area contributed by atoms with Crippen molar-refractivity contribution in [1.82, 2.24) is 0 Å². The summed E-state index contributed by atoms with van der Waals surface area (Å²) in [5.41, 5.74) is 1.60. The molecule has 1 aliphatic heterocycles. The summed E-state index contributed by atoms with van der Waals surface area (Å²) in [5.74, 6) is 0. The predicted octanol–water partition coefficient (Wildman–Crippen LogP) is 1.29. The SMILES string of the molecule is N#Cc1ccc(N2CCOCC2C#N)cc1. The molecule has 1 unspecified atom stereocenters. The fourth-order valence-electron chi connectivity index (χ4n) is 1.75. The van der Waals surface area contributed by atoms with Gasteiger partial charge in [0.25, 0.3) is 0 Å². The molecule has 0 spiro atoms. The van der Waals surface area contributed by atoms with Crippen molar-refractivity contribution in [3.05, 3.63) is 29.8 Å². The molecule has 0 radical (unpaired) electrons. The Bertz CT molecular complexity index is 441. The van der Waals surface area contributed by atoms with Gasteiger partial charge in [-0.3, -0.25) is 0 Å². The van der Waals surface area contributed by atoms with Crippen LogP contribution in [0.4, 0.5) is 5.69 Å². The Hall–Kier alpha value is -2.04. The zero-order valence-corrected chi connectivity index (χ0v) is 8.76. The molecule has 1 saturated heterocycles. The lowest BCUT2D eigenvalue weighted by molar-refractivity contribution is 0.107. The van der Waals surface area contributed by atoms with Crippen LogP contribution in [0.15, 0.2) is 24.3 Å². The van der Waals surface area contributed by atoms with Crippen LogP contribution < -0.4 is 4.90 Å². The molecule has 0 amide bonds. The lowest BCUT2D eigenvalue weighted by Crippen LogP contribution is -2.44. The van der Waals surface area contributed by atoms with Crippen molar-refractivity contribution in [2.24, 2.45) is 0 Å². The molecule has 1 heterocycles. The zero-order valence-electron chi connectivity index (χ0n) is 8.76. The standard InChI is InChI=1S/C12H11N3O/c13-7-10-1-3-11(4-2-10)15-5-6-16-9-12(15)8-14/h1-4,12H,5-6,9H2. The molecule has 0 aliphatic carbocycles. The van der Waals surface area contributed by atoms with E-state index in [1.807, 2.05) is 17.0 Å². The number of nitrogens with zero attached hydrogens (tertiary/aromatic N) is 3. The smallest absolute Gasteiger partial charge is 0.140 e. The largest absolute Gasteiger partial charge is 0.376 e. The average molecular weight is 213 g/mol. The number of rotatable bonds is 1. The van der Waals surface area contributed by atoms with Crippen molar-refractivity contribution >= 4 is 5.69 Å². The molecule has 16 heavy (non-hydrogen) atoms. The molecule has 0 N–H and O–H groups in total. The summed E-state index contributed by atoms with van der Waals surface area (Å²) < 4.78 is 5.25. The van der Waals surface area contributed by atoms with E-state index in [4.69, 9.17) is 15.3 Å². The molecule has 1 atom stereocenters. The van der Waals surface area contributed by atoms with Gasteiger partial charge in [0.1, 0.15) is 6.04 Å². The van der Waals surface area contributed by atoms with E-state index in [0.717, 1.165) is 5.69 Å². The molecule has 80 valence electrons. The van der Waals surface area contributed by atoms with Crippen molar-refractivity contribution in [3.63, 3.8) is 0 Å². The van der Waals surface area contributed by atoms with Gasteiger partial charge in [0.2, 0.25) is 0 Å². The molecule has 4 nitrogen and oxygen atoms in total. The summed E-state index contributed by atoms with van der Waals surface area (Å²) in [4.78, 5) is 2.00. The third-order valence-corrected chi connectivity index (χ3v) is 2.61. The normalized spacial score (nSPS) is 19.9. The highest BCUT2D eigenvalue weighted by Crippen LogP contribution is 2.19. The predicted molar refractivity (Wildman–Crippen MR) is 58.7 cm³/mol. The minimum Gasteiger partial charge on any atom is -0.376 e. The van der Waals surface area contributed by atoms with Crippen LogP contribution in [0.3, 0.4) is 0 Å². The van der Waals surface area contributed by atoms with Crippen molar-refractivity contribution in [3.8, 4) is 12.1 Å². The van der Waals surface area contributed by atoms with E-state index in [-0.39, 0.29) is 6.04 Å². The fourth-order valence-corrected chi connectivity index (χ4v) is 1.75. The van der Waals surface area contributed by atoms with Gasteiger partial charge in [0.05, 0.1) is 30.9 Å². The molecule has 1 aromatic carbocycles. The number of morpholine rings is 1. The number of benzene rings is 1. The number of nitriles is 2. The van der Waals surface area contributed by atoms with E-state index >= 15 is 0 Å². The third-order valence-electron chi connectivity index (χ3n) is 2.61. The Morgan fingerprint density at radius 3 is 2.62 bits per heavy atom. The second-order valence-electron chi connectivity index (χ2n) is 3.57. The molecule has 0 bridgehead atoms. The maximum absolute atomic E-state index is 9.00. The van der Waals surface area contributed by atoms with Crippen molar-refractivity contribution in [2.45, 2.75) is 6.04 Å². The minimum absolute atomic E-state index is 0.235. The highest BCUT2D eigenvalue weighted by Gasteiger charge is 2.22. The lowest BCUT2D eigenvalue weighted by atomic mass is 10.1. The molecular formula is C12H11N3O. The first kappa shape index (κ1) is 10.5. The first-order chi connectivity index (χ1) is 7.85. The van der Waals surface area contributed by atoms with Crippen LogP contribution in [0.1, 0.15) is 5.56 Å². The molecule has 4 heteroatoms. The summed E-state index contributed by atoms with van der Waals surface area (Å²) in [5, 5.41) is 17.7. The Labute approximate surface area is 94.3 Å². The molecule has 2 rings (SSSR count). The topological polar surface area (TPSA) is 60.1 Å². The van der Waals surface area contributed by atoms with Crippen LogP contribution in [0.2, 0.25) is 0 Å². The summed E-state index contributed by atoms with van der Waals surface area (Å²) >= 11 is 0. The molecule has 0 aromatic heterocycles. The first-order valence-electron chi connectivity index (χ1n) is 5.09. The monoisotopic (exact) mass is 213 g/mol. The van der Waals surface area contributed by atoms with Gasteiger partial charge in [-0.05, 0) is 24.3 Å². The number of hydrogen-bond acceptors (Lipinski definition) is 4. The summed E-state index contributed by atoms with van der Waals surface area (Å²) in [6.07, 6.45) is 0. The van der Waals surface area contributed by atoms with Crippen LogP contribution in [-0.2, 0) is 4.74 Å². The van der Waals surface area contributed by atoms with Gasteiger partial charge < -0.3 is 9.64 Å². The van der Waals surface area contributed by atoms with Crippen LogP contribution in [0.25, 0.3) is 0 Å². The summed E-state index contributed by atoms with van der Waals surface area (Å²) in [6, 6.07) is 11.3. The van der Waals surface area contributed by atoms with E-state index in [1.165, 1.54) is 0 Å². The van der Waals surface area contributed by atoms with Crippen molar-refractivity contribution < 1.29 is 4.74 Å². The molecule has 1 fully saturated rings. The van der Waals surface area contributed by atoms with Gasteiger partial charge in [0.15, 0.2) is 0 Å². The number of anilines is 1. The van der Waals surface area contributed by atoms with Gasteiger partial charge in [-0.1, -0.05) is 0 Å². The van der Waals surface area contributed by atoms with E-state index in [0.29, 0.717) is 25.3 Å². The van der Waals surface area contributed by atoms with Gasteiger partial charge in [-0.25, -0.2) is 0 Å². The molecular weight excluding hydrogens is 202 g/mol. The van der Waals surface area contributed by atoms with Crippen LogP contribution >= 0.6 is 0 Å². The Kier molecular flexibility index (Phi) is 3.05. The van der Waals surface area contributed by atoms with Crippen molar-refractivity contribution in [1.29, 1.82) is 10.5 Å². The summed E-state index contributed by atoms with van der Waals surface area (Å²) in [7, 11) is 0. The van der Waals surface area contributed by atoms with Gasteiger partial charge >= 0.3 is 0 Å². The fraction of sp³-hybridized carbons (Fsp3) is 0.333. The first-order valence-corrected chi connectivity index (χ1v) is 5.09. The Balaban J connectivity index is 2.22. The highest BCUT2D eigenvalue weighted by atomic mass is 16.5. The van der Waals surface area contributed by atoms with Crippen molar-refractivity contribution in [2.75, 3.05) is 24.7 Å². The van der Waals surface area contributed by atoms with E-state index in [2.05, 4.69) is 12.1 Å². The second-order valence-corrected chi connectivity index (χ2v) is 3.57. The van der Waals surface area contributed by atoms with Crippen LogP contribution in [0, 0.1) is 22.7 Å². The van der Waals surface area contributed by atoms with Gasteiger partial charge in [-0.15, -0.1) is 0 Å². The van der Waals surface area contributed by atoms with Gasteiger partial charge in [-0.2, -0.15) is 10.5 Å². The van der Waals surface area contributed by atoms with E-state index in [9.17, 15) is 0 Å². The van der Waals surface area contributed by atoms with Crippen LogP contribution in [0.5, 0.6) is 0 Å². The average Bonchev–Trinajstić information content (AvgIpc) is 2.39. The Morgan fingerprint density at radius 2 is 2.00 bits per heavy atom.